The second-order valence-corrected chi connectivity index (χ2v) is 8.88. The second-order valence-electron chi connectivity index (χ2n) is 8.88. The van der Waals surface area contributed by atoms with E-state index in [0.717, 1.165) is 23.1 Å². The fraction of sp³-hybridized carbons (Fsp3) is 0.156. The van der Waals surface area contributed by atoms with Gasteiger partial charge in [-0.05, 0) is 70.7 Å². The molecule has 0 aliphatic heterocycles. The number of halogens is 2. The summed E-state index contributed by atoms with van der Waals surface area (Å²) in [5, 5.41) is 8.79. The molecular formula is C32H27F2N. The lowest BCUT2D eigenvalue weighted by Crippen LogP contribution is -1.98. The van der Waals surface area contributed by atoms with Gasteiger partial charge in [-0.3, -0.25) is 0 Å². The largest absolute Gasteiger partial charge is 0.205 e. The molecule has 4 aromatic carbocycles. The van der Waals surface area contributed by atoms with Crippen LogP contribution in [0.15, 0.2) is 91.0 Å². The Morgan fingerprint density at radius 2 is 1.23 bits per heavy atom. The lowest BCUT2D eigenvalue weighted by molar-refractivity contribution is 0.573. The molecule has 0 aliphatic carbocycles. The number of benzene rings is 4. The highest BCUT2D eigenvalue weighted by molar-refractivity contribution is 5.69. The van der Waals surface area contributed by atoms with Crippen LogP contribution in [0.3, 0.4) is 0 Å². The molecule has 35 heavy (non-hydrogen) atoms. The zero-order valence-corrected chi connectivity index (χ0v) is 19.7. The molecule has 0 saturated carbocycles. The predicted octanol–water partition coefficient (Wildman–Crippen LogP) is 8.14. The van der Waals surface area contributed by atoms with Crippen molar-refractivity contribution in [1.29, 1.82) is 5.26 Å². The van der Waals surface area contributed by atoms with Crippen molar-refractivity contribution in [2.24, 2.45) is 0 Å². The van der Waals surface area contributed by atoms with E-state index in [0.29, 0.717) is 24.3 Å². The molecule has 0 spiro atoms. The van der Waals surface area contributed by atoms with Gasteiger partial charge in [0.2, 0.25) is 0 Å². The van der Waals surface area contributed by atoms with Crippen molar-refractivity contribution in [2.45, 2.75) is 32.1 Å². The maximum atomic E-state index is 13.8. The molecule has 3 heteroatoms. The minimum Gasteiger partial charge on any atom is -0.205 e. The third-order valence-corrected chi connectivity index (χ3v) is 6.25. The molecule has 1 nitrogen and oxygen atoms in total. The van der Waals surface area contributed by atoms with E-state index in [1.807, 2.05) is 30.3 Å². The average molecular weight is 464 g/mol. The van der Waals surface area contributed by atoms with Crippen molar-refractivity contribution in [3.8, 4) is 6.07 Å². The number of hydrogen-bond acceptors (Lipinski definition) is 1. The van der Waals surface area contributed by atoms with Gasteiger partial charge in [0.05, 0.1) is 0 Å². The SMILES string of the molecule is C[C@@H](Cc1ccc(C=Cc2ccc(CCc3cc(F)c(C#N)c(F)c3)cc2)cc1)c1ccccc1. The van der Waals surface area contributed by atoms with E-state index in [2.05, 4.69) is 67.6 Å². The molecule has 0 unspecified atom stereocenters. The van der Waals surface area contributed by atoms with Gasteiger partial charge in [-0.1, -0.05) is 97.9 Å². The highest BCUT2D eigenvalue weighted by Crippen LogP contribution is 2.21. The number of hydrogen-bond donors (Lipinski definition) is 0. The summed E-state index contributed by atoms with van der Waals surface area (Å²) in [5.41, 5.74) is 6.03. The first kappa shape index (κ1) is 24.1. The molecule has 4 rings (SSSR count). The number of nitrogens with zero attached hydrogens (tertiary/aromatic N) is 1. The third-order valence-electron chi connectivity index (χ3n) is 6.25. The van der Waals surface area contributed by atoms with Crippen LogP contribution in [0.25, 0.3) is 12.2 Å². The molecular weight excluding hydrogens is 436 g/mol. The van der Waals surface area contributed by atoms with Crippen LogP contribution in [0.4, 0.5) is 8.78 Å². The van der Waals surface area contributed by atoms with Crippen LogP contribution in [-0.4, -0.2) is 0 Å². The smallest absolute Gasteiger partial charge is 0.144 e. The van der Waals surface area contributed by atoms with Gasteiger partial charge >= 0.3 is 0 Å². The molecule has 0 radical (unpaired) electrons. The third kappa shape index (κ3) is 6.52. The molecule has 0 heterocycles. The summed E-state index contributed by atoms with van der Waals surface area (Å²) in [6.07, 6.45) is 6.36. The van der Waals surface area contributed by atoms with Crippen molar-refractivity contribution in [3.63, 3.8) is 0 Å². The summed E-state index contributed by atoms with van der Waals surface area (Å²) in [6, 6.07) is 31.4. The van der Waals surface area contributed by atoms with Gasteiger partial charge in [0.1, 0.15) is 23.3 Å². The average Bonchev–Trinajstić information content (AvgIpc) is 2.88. The molecule has 0 bridgehead atoms. The number of nitriles is 1. The molecule has 0 aromatic heterocycles. The van der Waals surface area contributed by atoms with Crippen molar-refractivity contribution >= 4 is 12.2 Å². The van der Waals surface area contributed by atoms with Crippen LogP contribution in [0.5, 0.6) is 0 Å². The van der Waals surface area contributed by atoms with Gasteiger partial charge in [0, 0.05) is 0 Å². The van der Waals surface area contributed by atoms with Crippen LogP contribution in [0, 0.1) is 23.0 Å². The molecule has 0 saturated heterocycles. The van der Waals surface area contributed by atoms with E-state index in [1.165, 1.54) is 23.3 Å². The zero-order chi connectivity index (χ0) is 24.6. The fourth-order valence-corrected chi connectivity index (χ4v) is 4.17. The van der Waals surface area contributed by atoms with Gasteiger partial charge in [-0.2, -0.15) is 5.26 Å². The second kappa shape index (κ2) is 11.4. The summed E-state index contributed by atoms with van der Waals surface area (Å²) >= 11 is 0. The summed E-state index contributed by atoms with van der Waals surface area (Å²) in [7, 11) is 0. The maximum Gasteiger partial charge on any atom is 0.144 e. The first-order valence-electron chi connectivity index (χ1n) is 11.8. The Bertz CT molecular complexity index is 1310. The molecule has 174 valence electrons. The summed E-state index contributed by atoms with van der Waals surface area (Å²) < 4.78 is 27.6. The monoisotopic (exact) mass is 463 g/mol. The fourth-order valence-electron chi connectivity index (χ4n) is 4.17. The van der Waals surface area contributed by atoms with Gasteiger partial charge in [-0.25, -0.2) is 8.78 Å². The summed E-state index contributed by atoms with van der Waals surface area (Å²) in [4.78, 5) is 0. The Hall–Kier alpha value is -4.03. The molecule has 0 fully saturated rings. The quantitative estimate of drug-likeness (QED) is 0.242. The van der Waals surface area contributed by atoms with Gasteiger partial charge in [-0.15, -0.1) is 0 Å². The minimum atomic E-state index is -0.804. The first-order valence-corrected chi connectivity index (χ1v) is 11.8. The number of aryl methyl sites for hydroxylation is 2. The Kier molecular flexibility index (Phi) is 7.85. The van der Waals surface area contributed by atoms with Gasteiger partial charge < -0.3 is 0 Å². The Balaban J connectivity index is 1.32. The topological polar surface area (TPSA) is 23.8 Å². The minimum absolute atomic E-state index is 0.478. The predicted molar refractivity (Wildman–Crippen MR) is 139 cm³/mol. The van der Waals surface area contributed by atoms with Crippen molar-refractivity contribution < 1.29 is 8.78 Å². The Morgan fingerprint density at radius 1 is 0.714 bits per heavy atom. The Labute approximate surface area is 206 Å². The normalized spacial score (nSPS) is 11.9. The first-order chi connectivity index (χ1) is 17.0. The van der Waals surface area contributed by atoms with Crippen LogP contribution < -0.4 is 0 Å². The van der Waals surface area contributed by atoms with E-state index < -0.39 is 17.2 Å². The van der Waals surface area contributed by atoms with Crippen molar-refractivity contribution in [2.75, 3.05) is 0 Å². The Morgan fingerprint density at radius 3 is 1.77 bits per heavy atom. The summed E-state index contributed by atoms with van der Waals surface area (Å²) in [5.74, 6) is -1.13. The highest BCUT2D eigenvalue weighted by Gasteiger charge is 2.10. The molecule has 0 N–H and O–H groups in total. The van der Waals surface area contributed by atoms with Gasteiger partial charge in [0.25, 0.3) is 0 Å². The van der Waals surface area contributed by atoms with E-state index >= 15 is 0 Å². The molecule has 0 amide bonds. The van der Waals surface area contributed by atoms with Crippen LogP contribution in [0.1, 0.15) is 51.8 Å². The van der Waals surface area contributed by atoms with Crippen LogP contribution in [0.2, 0.25) is 0 Å². The maximum absolute atomic E-state index is 13.8. The van der Waals surface area contributed by atoms with Gasteiger partial charge in [0.15, 0.2) is 0 Å². The number of rotatable bonds is 8. The van der Waals surface area contributed by atoms with Crippen LogP contribution in [-0.2, 0) is 19.3 Å². The summed E-state index contributed by atoms with van der Waals surface area (Å²) in [6.45, 7) is 2.26. The van der Waals surface area contributed by atoms with E-state index in [9.17, 15) is 8.78 Å². The molecule has 4 aromatic rings. The lowest BCUT2D eigenvalue weighted by atomic mass is 9.93. The lowest BCUT2D eigenvalue weighted by Gasteiger charge is -2.12. The van der Waals surface area contributed by atoms with Crippen LogP contribution >= 0.6 is 0 Å². The van der Waals surface area contributed by atoms with Crippen molar-refractivity contribution in [1.82, 2.24) is 0 Å². The van der Waals surface area contributed by atoms with E-state index in [-0.39, 0.29) is 0 Å². The molecule has 1 atom stereocenters. The zero-order valence-electron chi connectivity index (χ0n) is 19.7. The highest BCUT2D eigenvalue weighted by atomic mass is 19.1. The van der Waals surface area contributed by atoms with Crippen molar-refractivity contribution in [3.05, 3.63) is 142 Å². The van der Waals surface area contributed by atoms with E-state index in [1.54, 1.807) is 6.07 Å². The van der Waals surface area contributed by atoms with E-state index in [4.69, 9.17) is 5.26 Å². The standard InChI is InChI=1S/C32H27F2N/c1-23(29-5-3-2-4-6-29)19-27-16-13-26(14-17-27)12-9-24-7-10-25(11-8-24)15-18-28-20-31(33)30(22-35)32(34)21-28/h2-14,16-17,20-21,23H,15,18-19H2,1H3/t23-/m0/s1. The molecule has 0 aliphatic rings.